The zero-order chi connectivity index (χ0) is 24.2. The second-order valence-electron chi connectivity index (χ2n) is 7.80. The van der Waals surface area contributed by atoms with E-state index in [1.807, 2.05) is 32.9 Å². The first-order valence-electron chi connectivity index (χ1n) is 10.2. The summed E-state index contributed by atoms with van der Waals surface area (Å²) in [4.78, 5) is 8.91. The first-order valence-corrected chi connectivity index (χ1v) is 10.6. The minimum Gasteiger partial charge on any atom is -0.406 e. The molecular formula is C23H24ClF3N4O2. The van der Waals surface area contributed by atoms with E-state index in [1.165, 1.54) is 18.2 Å². The molecule has 2 aromatic carbocycles. The second-order valence-corrected chi connectivity index (χ2v) is 8.21. The smallest absolute Gasteiger partial charge is 0.406 e. The molecule has 0 spiro atoms. The standard InChI is InChI=1S/C23H24ClF3N4O2/c1-13(2)20(12-32)30-22-29-19(15-5-4-6-17(9-15)33-23(25,26)27)11-21(31-22)28-16-8-7-14(3)18(24)10-16/h4-11,13,20,32H,12H2,1-3H3,(H2,28,29,30,31)/t20-/m0/s1. The van der Waals surface area contributed by atoms with E-state index in [2.05, 4.69) is 25.3 Å². The highest BCUT2D eigenvalue weighted by atomic mass is 35.5. The fourth-order valence-electron chi connectivity index (χ4n) is 2.98. The molecule has 0 saturated heterocycles. The molecule has 0 bridgehead atoms. The van der Waals surface area contributed by atoms with Gasteiger partial charge >= 0.3 is 6.36 Å². The van der Waals surface area contributed by atoms with Gasteiger partial charge in [-0.25, -0.2) is 4.98 Å². The van der Waals surface area contributed by atoms with Crippen LogP contribution < -0.4 is 15.4 Å². The van der Waals surface area contributed by atoms with Crippen LogP contribution in [0.4, 0.5) is 30.6 Å². The summed E-state index contributed by atoms with van der Waals surface area (Å²) < 4.78 is 42.0. The Morgan fingerprint density at radius 2 is 1.85 bits per heavy atom. The van der Waals surface area contributed by atoms with Crippen molar-refractivity contribution in [3.63, 3.8) is 0 Å². The van der Waals surface area contributed by atoms with Crippen LogP contribution in [0.5, 0.6) is 5.75 Å². The van der Waals surface area contributed by atoms with Gasteiger partial charge in [0.2, 0.25) is 5.95 Å². The third kappa shape index (κ3) is 6.97. The van der Waals surface area contributed by atoms with Gasteiger partial charge in [0.1, 0.15) is 11.6 Å². The number of aliphatic hydroxyl groups is 1. The van der Waals surface area contributed by atoms with Gasteiger partial charge in [-0.15, -0.1) is 13.2 Å². The highest BCUT2D eigenvalue weighted by molar-refractivity contribution is 6.31. The number of rotatable bonds is 8. The minimum atomic E-state index is -4.81. The van der Waals surface area contributed by atoms with Crippen LogP contribution >= 0.6 is 11.6 Å². The lowest BCUT2D eigenvalue weighted by Gasteiger charge is -2.21. The Labute approximate surface area is 194 Å². The summed E-state index contributed by atoms with van der Waals surface area (Å²) in [6, 6.07) is 12.2. The van der Waals surface area contributed by atoms with Gasteiger partial charge in [-0.2, -0.15) is 4.98 Å². The molecule has 0 aliphatic heterocycles. The Morgan fingerprint density at radius 3 is 2.48 bits per heavy atom. The Kier molecular flexibility index (Phi) is 7.65. The molecule has 0 amide bonds. The lowest BCUT2D eigenvalue weighted by molar-refractivity contribution is -0.274. The van der Waals surface area contributed by atoms with Crippen LogP contribution in [-0.2, 0) is 0 Å². The Hall–Kier alpha value is -3.04. The Bertz CT molecular complexity index is 1110. The number of aromatic nitrogens is 2. The second kappa shape index (κ2) is 10.3. The number of nitrogens with one attached hydrogen (secondary N) is 2. The fraction of sp³-hybridized carbons (Fsp3) is 0.304. The normalized spacial score (nSPS) is 12.5. The largest absolute Gasteiger partial charge is 0.573 e. The van der Waals surface area contributed by atoms with Crippen molar-refractivity contribution in [1.82, 2.24) is 9.97 Å². The van der Waals surface area contributed by atoms with Crippen LogP contribution in [-0.4, -0.2) is 34.1 Å². The van der Waals surface area contributed by atoms with Crippen LogP contribution in [0, 0.1) is 12.8 Å². The van der Waals surface area contributed by atoms with E-state index in [4.69, 9.17) is 11.6 Å². The molecule has 0 saturated carbocycles. The quantitative estimate of drug-likeness (QED) is 0.357. The maximum absolute atomic E-state index is 12.7. The predicted molar refractivity (Wildman–Crippen MR) is 123 cm³/mol. The van der Waals surface area contributed by atoms with Gasteiger partial charge in [0, 0.05) is 22.3 Å². The number of anilines is 3. The molecule has 3 aromatic rings. The highest BCUT2D eigenvalue weighted by Gasteiger charge is 2.31. The number of hydrogen-bond donors (Lipinski definition) is 3. The number of aryl methyl sites for hydroxylation is 1. The third-order valence-electron chi connectivity index (χ3n) is 4.85. The van der Waals surface area contributed by atoms with E-state index in [1.54, 1.807) is 18.2 Å². The predicted octanol–water partition coefficient (Wildman–Crippen LogP) is 6.18. The van der Waals surface area contributed by atoms with E-state index in [9.17, 15) is 18.3 Å². The van der Waals surface area contributed by atoms with Crippen LogP contribution in [0.2, 0.25) is 5.02 Å². The van der Waals surface area contributed by atoms with Crippen molar-refractivity contribution >= 4 is 29.1 Å². The molecule has 6 nitrogen and oxygen atoms in total. The van der Waals surface area contributed by atoms with Crippen LogP contribution in [0.3, 0.4) is 0 Å². The average Bonchev–Trinajstić information content (AvgIpc) is 2.73. The third-order valence-corrected chi connectivity index (χ3v) is 5.26. The topological polar surface area (TPSA) is 79.3 Å². The van der Waals surface area contributed by atoms with Gasteiger partial charge in [0.15, 0.2) is 0 Å². The molecule has 0 aliphatic rings. The molecule has 1 heterocycles. The highest BCUT2D eigenvalue weighted by Crippen LogP contribution is 2.30. The summed E-state index contributed by atoms with van der Waals surface area (Å²) in [7, 11) is 0. The first-order chi connectivity index (χ1) is 15.5. The zero-order valence-electron chi connectivity index (χ0n) is 18.2. The number of ether oxygens (including phenoxy) is 1. The molecule has 1 atom stereocenters. The van der Waals surface area contributed by atoms with Gasteiger partial charge in [-0.05, 0) is 42.7 Å². The monoisotopic (exact) mass is 480 g/mol. The van der Waals surface area contributed by atoms with Crippen molar-refractivity contribution in [2.45, 2.75) is 33.2 Å². The number of benzene rings is 2. The number of halogens is 4. The van der Waals surface area contributed by atoms with E-state index in [0.29, 0.717) is 27.8 Å². The van der Waals surface area contributed by atoms with Crippen molar-refractivity contribution < 1.29 is 23.0 Å². The molecule has 176 valence electrons. The van der Waals surface area contributed by atoms with E-state index < -0.39 is 6.36 Å². The molecule has 1 aromatic heterocycles. The summed E-state index contributed by atoms with van der Waals surface area (Å²) in [5.74, 6) is 0.328. The van der Waals surface area contributed by atoms with Gasteiger partial charge in [0.05, 0.1) is 18.3 Å². The van der Waals surface area contributed by atoms with Crippen molar-refractivity contribution in [1.29, 1.82) is 0 Å². The van der Waals surface area contributed by atoms with E-state index in [-0.39, 0.29) is 30.3 Å². The molecular weight excluding hydrogens is 457 g/mol. The lowest BCUT2D eigenvalue weighted by Crippen LogP contribution is -2.30. The number of hydrogen-bond acceptors (Lipinski definition) is 6. The van der Waals surface area contributed by atoms with Crippen molar-refractivity contribution in [2.24, 2.45) is 5.92 Å². The van der Waals surface area contributed by atoms with Crippen molar-refractivity contribution in [3.05, 3.63) is 59.1 Å². The maximum Gasteiger partial charge on any atom is 0.573 e. The summed E-state index contributed by atoms with van der Waals surface area (Å²) in [5, 5.41) is 16.5. The molecule has 10 heteroatoms. The Balaban J connectivity index is 2.01. The number of alkyl halides is 3. The average molecular weight is 481 g/mol. The molecule has 0 fully saturated rings. The molecule has 3 rings (SSSR count). The molecule has 0 radical (unpaired) electrons. The zero-order valence-corrected chi connectivity index (χ0v) is 19.0. The van der Waals surface area contributed by atoms with Crippen LogP contribution in [0.1, 0.15) is 19.4 Å². The summed E-state index contributed by atoms with van der Waals surface area (Å²) >= 11 is 6.21. The molecule has 33 heavy (non-hydrogen) atoms. The van der Waals surface area contributed by atoms with Crippen LogP contribution in [0.25, 0.3) is 11.3 Å². The van der Waals surface area contributed by atoms with Gasteiger partial charge in [-0.3, -0.25) is 0 Å². The van der Waals surface area contributed by atoms with Gasteiger partial charge in [-0.1, -0.05) is 43.6 Å². The van der Waals surface area contributed by atoms with Gasteiger partial charge in [0.25, 0.3) is 0 Å². The van der Waals surface area contributed by atoms with Gasteiger partial charge < -0.3 is 20.5 Å². The molecule has 0 aliphatic carbocycles. The minimum absolute atomic E-state index is 0.0816. The SMILES string of the molecule is Cc1ccc(Nc2cc(-c3cccc(OC(F)(F)F)c3)nc(N[C@@H](CO)C(C)C)n2)cc1Cl. The number of aliphatic hydroxyl groups excluding tert-OH is 1. The lowest BCUT2D eigenvalue weighted by atomic mass is 10.1. The summed E-state index contributed by atoms with van der Waals surface area (Å²) in [6.45, 7) is 5.61. The molecule has 3 N–H and O–H groups in total. The number of nitrogens with zero attached hydrogens (tertiary/aromatic N) is 2. The molecule has 0 unspecified atom stereocenters. The van der Waals surface area contributed by atoms with E-state index >= 15 is 0 Å². The summed E-state index contributed by atoms with van der Waals surface area (Å²) in [5.41, 5.74) is 2.36. The van der Waals surface area contributed by atoms with Crippen molar-refractivity contribution in [2.75, 3.05) is 17.2 Å². The van der Waals surface area contributed by atoms with Crippen LogP contribution in [0.15, 0.2) is 48.5 Å². The maximum atomic E-state index is 12.7. The summed E-state index contributed by atoms with van der Waals surface area (Å²) in [6.07, 6.45) is -4.81. The fourth-order valence-corrected chi connectivity index (χ4v) is 3.16. The van der Waals surface area contributed by atoms with Crippen molar-refractivity contribution in [3.8, 4) is 17.0 Å². The van der Waals surface area contributed by atoms with E-state index in [0.717, 1.165) is 5.56 Å². The Morgan fingerprint density at radius 1 is 1.09 bits per heavy atom. The first kappa shape index (κ1) is 24.6.